The summed E-state index contributed by atoms with van der Waals surface area (Å²) < 4.78 is 62.7. The Morgan fingerprint density at radius 1 is 1.03 bits per heavy atom. The molecular weight excluding hydrogens is 451 g/mol. The Bertz CT molecular complexity index is 843. The molecule has 6 nitrogen and oxygen atoms in total. The third-order valence-electron chi connectivity index (χ3n) is 7.88. The zero-order chi connectivity index (χ0) is 23.7. The van der Waals surface area contributed by atoms with Gasteiger partial charge in [-0.2, -0.15) is 13.2 Å². The van der Waals surface area contributed by atoms with Crippen molar-refractivity contribution in [3.63, 3.8) is 0 Å². The number of hydrogen-bond donors (Lipinski definition) is 0. The number of carbonyl (C=O) groups excluding carboxylic acids is 1. The molecule has 5 fully saturated rings. The fraction of sp³-hybridized carbons (Fsp3) is 0.720. The Morgan fingerprint density at radius 2 is 1.71 bits per heavy atom. The maximum absolute atomic E-state index is 13.6. The lowest BCUT2D eigenvalue weighted by Gasteiger charge is -2.53. The number of halogens is 3. The van der Waals surface area contributed by atoms with Gasteiger partial charge in [-0.1, -0.05) is 0 Å². The minimum absolute atomic E-state index is 0.0274. The van der Waals surface area contributed by atoms with Gasteiger partial charge in [0.2, 0.25) is 0 Å². The summed E-state index contributed by atoms with van der Waals surface area (Å²) in [6.07, 6.45) is 1.37. The van der Waals surface area contributed by atoms with Crippen LogP contribution >= 0.6 is 0 Å². The van der Waals surface area contributed by atoms with Gasteiger partial charge in [-0.3, -0.25) is 4.90 Å². The first-order valence-corrected chi connectivity index (χ1v) is 12.3. The van der Waals surface area contributed by atoms with Crippen LogP contribution in [0.3, 0.4) is 0 Å². The fourth-order valence-corrected chi connectivity index (χ4v) is 6.50. The number of benzene rings is 1. The molecule has 6 rings (SSSR count). The van der Waals surface area contributed by atoms with Gasteiger partial charge in [-0.15, -0.1) is 0 Å². The molecule has 4 bridgehead atoms. The lowest BCUT2D eigenvalue weighted by molar-refractivity contribution is -0.159. The summed E-state index contributed by atoms with van der Waals surface area (Å²) in [5.41, 5.74) is -0.898. The smallest absolute Gasteiger partial charge is 0.419 e. The van der Waals surface area contributed by atoms with Gasteiger partial charge in [0.25, 0.3) is 0 Å². The van der Waals surface area contributed by atoms with E-state index in [1.54, 1.807) is 0 Å². The highest BCUT2D eigenvalue weighted by molar-refractivity contribution is 5.90. The zero-order valence-corrected chi connectivity index (χ0v) is 19.2. The number of carbonyl (C=O) groups is 1. The van der Waals surface area contributed by atoms with Crippen molar-refractivity contribution in [1.82, 2.24) is 4.90 Å². The minimum Gasteiger partial charge on any atom is -0.467 e. The van der Waals surface area contributed by atoms with E-state index in [9.17, 15) is 18.0 Å². The summed E-state index contributed by atoms with van der Waals surface area (Å²) in [6.45, 7) is 3.26. The Balaban J connectivity index is 1.19. The number of esters is 1. The molecule has 0 radical (unpaired) electrons. The molecule has 0 unspecified atom stereocenters. The molecule has 0 aromatic heterocycles. The molecule has 1 aromatic carbocycles. The maximum Gasteiger partial charge on any atom is 0.419 e. The highest BCUT2D eigenvalue weighted by atomic mass is 19.4. The monoisotopic (exact) mass is 483 g/mol. The second-order valence-electron chi connectivity index (χ2n) is 10.1. The first-order chi connectivity index (χ1) is 16.4. The summed E-state index contributed by atoms with van der Waals surface area (Å²) in [4.78, 5) is 14.6. The van der Waals surface area contributed by atoms with Crippen LogP contribution in [0.15, 0.2) is 18.2 Å². The minimum atomic E-state index is -4.60. The van der Waals surface area contributed by atoms with E-state index in [4.69, 9.17) is 18.9 Å². The molecule has 4 aliphatic carbocycles. The van der Waals surface area contributed by atoms with E-state index < -0.39 is 23.5 Å². The summed E-state index contributed by atoms with van der Waals surface area (Å²) in [5.74, 6) is 1.45. The Labute approximate surface area is 197 Å². The number of alkyl halides is 3. The number of morpholine rings is 1. The van der Waals surface area contributed by atoms with Crippen LogP contribution in [-0.2, 0) is 20.4 Å². The largest absolute Gasteiger partial charge is 0.467 e. The average Bonchev–Trinajstić information content (AvgIpc) is 2.80. The molecule has 9 heteroatoms. The molecule has 0 spiro atoms. The van der Waals surface area contributed by atoms with Crippen LogP contribution < -0.4 is 4.74 Å². The predicted molar refractivity (Wildman–Crippen MR) is 116 cm³/mol. The van der Waals surface area contributed by atoms with Crippen LogP contribution in [-0.4, -0.2) is 63.2 Å². The number of ether oxygens (including phenoxy) is 4. The van der Waals surface area contributed by atoms with E-state index in [-0.39, 0.29) is 25.1 Å². The summed E-state index contributed by atoms with van der Waals surface area (Å²) in [6, 6.07) is 3.11. The fourth-order valence-electron chi connectivity index (χ4n) is 6.50. The molecular formula is C25H32F3NO5. The molecule has 1 saturated heterocycles. The molecule has 0 N–H and O–H groups in total. The van der Waals surface area contributed by atoms with Crippen molar-refractivity contribution in [2.24, 2.45) is 23.7 Å². The van der Waals surface area contributed by atoms with Crippen molar-refractivity contribution in [2.75, 3.05) is 46.2 Å². The van der Waals surface area contributed by atoms with E-state index in [2.05, 4.69) is 4.90 Å². The second-order valence-corrected chi connectivity index (χ2v) is 10.1. The third-order valence-corrected chi connectivity index (χ3v) is 7.88. The second kappa shape index (κ2) is 10.0. The first kappa shape index (κ1) is 23.9. The molecule has 4 saturated carbocycles. The quantitative estimate of drug-likeness (QED) is 0.404. The number of hydrogen-bond acceptors (Lipinski definition) is 6. The average molecular weight is 484 g/mol. The van der Waals surface area contributed by atoms with Crippen LogP contribution in [0, 0.1) is 23.7 Å². The molecule has 0 amide bonds. The van der Waals surface area contributed by atoms with Gasteiger partial charge >= 0.3 is 12.1 Å². The van der Waals surface area contributed by atoms with Gasteiger partial charge < -0.3 is 18.9 Å². The Morgan fingerprint density at radius 3 is 2.35 bits per heavy atom. The van der Waals surface area contributed by atoms with Crippen molar-refractivity contribution in [3.8, 4) is 5.75 Å². The van der Waals surface area contributed by atoms with Crippen LogP contribution in [0.25, 0.3) is 0 Å². The lowest BCUT2D eigenvalue weighted by atomic mass is 9.55. The van der Waals surface area contributed by atoms with Crippen molar-refractivity contribution in [1.29, 1.82) is 0 Å². The Hall–Kier alpha value is -1.84. The molecule has 34 heavy (non-hydrogen) atoms. The highest BCUT2D eigenvalue weighted by Gasteiger charge is 2.48. The SMILES string of the molecule is O=C(OCCN1CCOCC1)c1ccc(C(F)(F)F)c(OCOC2C3CC4CC(C3)CC2C4)c1. The van der Waals surface area contributed by atoms with Crippen molar-refractivity contribution in [3.05, 3.63) is 29.3 Å². The maximum atomic E-state index is 13.6. The standard InChI is InChI=1S/C25H32F3NO5/c26-25(27,28)21-2-1-18(24(30)32-8-5-29-3-6-31-7-4-29)14-22(21)33-15-34-23-19-10-16-9-17(12-19)13-20(23)11-16/h1-2,14,16-17,19-20,23H,3-13,15H2. The van der Waals surface area contributed by atoms with E-state index >= 15 is 0 Å². The molecule has 0 atom stereocenters. The lowest BCUT2D eigenvalue weighted by Crippen LogP contribution is -2.49. The molecule has 188 valence electrons. The number of nitrogens with zero attached hydrogens (tertiary/aromatic N) is 1. The topological polar surface area (TPSA) is 57.2 Å². The molecule has 5 aliphatic rings. The highest BCUT2D eigenvalue weighted by Crippen LogP contribution is 2.54. The van der Waals surface area contributed by atoms with Gasteiger partial charge in [-0.25, -0.2) is 4.79 Å². The van der Waals surface area contributed by atoms with Gasteiger partial charge in [0.1, 0.15) is 12.4 Å². The summed E-state index contributed by atoms with van der Waals surface area (Å²) in [7, 11) is 0. The molecule has 1 heterocycles. The summed E-state index contributed by atoms with van der Waals surface area (Å²) >= 11 is 0. The van der Waals surface area contributed by atoms with Crippen LogP contribution in [0.5, 0.6) is 5.75 Å². The zero-order valence-electron chi connectivity index (χ0n) is 19.2. The number of rotatable bonds is 8. The van der Waals surface area contributed by atoms with Gasteiger partial charge in [0, 0.05) is 19.6 Å². The third kappa shape index (κ3) is 5.36. The van der Waals surface area contributed by atoms with E-state index in [0.29, 0.717) is 31.6 Å². The van der Waals surface area contributed by atoms with Crippen molar-refractivity contribution >= 4 is 5.97 Å². The van der Waals surface area contributed by atoms with E-state index in [0.717, 1.165) is 68.8 Å². The van der Waals surface area contributed by atoms with Crippen LogP contribution in [0.2, 0.25) is 0 Å². The van der Waals surface area contributed by atoms with E-state index in [1.165, 1.54) is 6.42 Å². The van der Waals surface area contributed by atoms with Crippen molar-refractivity contribution < 1.29 is 36.9 Å². The van der Waals surface area contributed by atoms with Gasteiger partial charge in [0.05, 0.1) is 30.4 Å². The van der Waals surface area contributed by atoms with Gasteiger partial charge in [0.15, 0.2) is 6.79 Å². The van der Waals surface area contributed by atoms with Crippen LogP contribution in [0.1, 0.15) is 48.0 Å². The molecule has 1 aromatic rings. The first-order valence-electron chi connectivity index (χ1n) is 12.3. The van der Waals surface area contributed by atoms with Crippen LogP contribution in [0.4, 0.5) is 13.2 Å². The molecule has 1 aliphatic heterocycles. The van der Waals surface area contributed by atoms with Crippen molar-refractivity contribution in [2.45, 2.75) is 44.4 Å². The summed E-state index contributed by atoms with van der Waals surface area (Å²) in [5, 5.41) is 0. The van der Waals surface area contributed by atoms with E-state index in [1.807, 2.05) is 0 Å². The van der Waals surface area contributed by atoms with Gasteiger partial charge in [-0.05, 0) is 74.0 Å². The predicted octanol–water partition coefficient (Wildman–Crippen LogP) is 4.37. The normalized spacial score (nSPS) is 31.0. The Kier molecular flexibility index (Phi) is 7.04.